The molecule has 0 aromatic heterocycles. The molecule has 0 aliphatic heterocycles. The monoisotopic (exact) mass is 422 g/mol. The lowest BCUT2D eigenvalue weighted by Crippen LogP contribution is -2.49. The SMILES string of the molecule is CCOc1ccc(S(=O)(=O)N(CC(=O)NC2CCCCC2)C2CCCCC2)cc1. The van der Waals surface area contributed by atoms with Crippen molar-refractivity contribution in [1.29, 1.82) is 0 Å². The van der Waals surface area contributed by atoms with Crippen molar-refractivity contribution in [3.05, 3.63) is 24.3 Å². The van der Waals surface area contributed by atoms with E-state index in [9.17, 15) is 13.2 Å². The molecule has 0 atom stereocenters. The van der Waals surface area contributed by atoms with Gasteiger partial charge in [-0.1, -0.05) is 38.5 Å². The highest BCUT2D eigenvalue weighted by molar-refractivity contribution is 7.89. The number of amides is 1. The van der Waals surface area contributed by atoms with Gasteiger partial charge in [0.1, 0.15) is 5.75 Å². The molecular formula is C22H34N2O4S. The first-order valence-electron chi connectivity index (χ1n) is 11.0. The molecule has 2 fully saturated rings. The normalized spacial score (nSPS) is 19.2. The van der Waals surface area contributed by atoms with Crippen molar-refractivity contribution in [3.8, 4) is 5.75 Å². The van der Waals surface area contributed by atoms with Crippen molar-refractivity contribution in [2.45, 2.75) is 88.1 Å². The van der Waals surface area contributed by atoms with E-state index < -0.39 is 10.0 Å². The molecule has 0 saturated heterocycles. The maximum Gasteiger partial charge on any atom is 0.243 e. The van der Waals surface area contributed by atoms with Crippen LogP contribution in [0.1, 0.15) is 71.1 Å². The summed E-state index contributed by atoms with van der Waals surface area (Å²) in [6.07, 6.45) is 10.2. The summed E-state index contributed by atoms with van der Waals surface area (Å²) in [5.41, 5.74) is 0. The summed E-state index contributed by atoms with van der Waals surface area (Å²) in [7, 11) is -3.75. The van der Waals surface area contributed by atoms with E-state index in [0.717, 1.165) is 57.8 Å². The molecule has 2 aliphatic carbocycles. The third kappa shape index (κ3) is 5.95. The van der Waals surface area contributed by atoms with Gasteiger partial charge in [-0.3, -0.25) is 4.79 Å². The Bertz CT molecular complexity index is 752. The Morgan fingerprint density at radius 1 is 1.00 bits per heavy atom. The zero-order valence-corrected chi connectivity index (χ0v) is 18.3. The summed E-state index contributed by atoms with van der Waals surface area (Å²) in [6.45, 7) is 2.32. The van der Waals surface area contributed by atoms with Crippen LogP contribution in [-0.4, -0.2) is 43.9 Å². The number of rotatable bonds is 8. The number of hydrogen-bond donors (Lipinski definition) is 1. The minimum Gasteiger partial charge on any atom is -0.494 e. The zero-order valence-electron chi connectivity index (χ0n) is 17.4. The van der Waals surface area contributed by atoms with Crippen LogP contribution >= 0.6 is 0 Å². The van der Waals surface area contributed by atoms with E-state index in [1.165, 1.54) is 10.7 Å². The van der Waals surface area contributed by atoms with E-state index in [1.54, 1.807) is 24.3 Å². The van der Waals surface area contributed by atoms with E-state index in [2.05, 4.69) is 5.32 Å². The summed E-state index contributed by atoms with van der Waals surface area (Å²) < 4.78 is 33.7. The van der Waals surface area contributed by atoms with Crippen molar-refractivity contribution in [2.24, 2.45) is 0 Å². The van der Waals surface area contributed by atoms with Crippen molar-refractivity contribution in [1.82, 2.24) is 9.62 Å². The third-order valence-corrected chi connectivity index (χ3v) is 7.91. The van der Waals surface area contributed by atoms with Gasteiger partial charge in [0.15, 0.2) is 0 Å². The molecule has 162 valence electrons. The average Bonchev–Trinajstić information content (AvgIpc) is 2.74. The first-order valence-corrected chi connectivity index (χ1v) is 12.5. The largest absolute Gasteiger partial charge is 0.494 e. The van der Waals surface area contributed by atoms with Gasteiger partial charge in [-0.25, -0.2) is 8.42 Å². The zero-order chi connectivity index (χ0) is 20.7. The van der Waals surface area contributed by atoms with Gasteiger partial charge in [0, 0.05) is 12.1 Å². The van der Waals surface area contributed by atoms with Gasteiger partial charge >= 0.3 is 0 Å². The highest BCUT2D eigenvalue weighted by Crippen LogP contribution is 2.28. The second-order valence-electron chi connectivity index (χ2n) is 8.15. The van der Waals surface area contributed by atoms with E-state index in [4.69, 9.17) is 4.74 Å². The number of carbonyl (C=O) groups is 1. The van der Waals surface area contributed by atoms with Crippen LogP contribution in [0.4, 0.5) is 0 Å². The van der Waals surface area contributed by atoms with Gasteiger partial charge in [-0.05, 0) is 56.9 Å². The second-order valence-corrected chi connectivity index (χ2v) is 10.0. The van der Waals surface area contributed by atoms with Crippen LogP contribution in [0.15, 0.2) is 29.2 Å². The Hall–Kier alpha value is -1.60. The van der Waals surface area contributed by atoms with Crippen molar-refractivity contribution in [2.75, 3.05) is 13.2 Å². The molecule has 2 saturated carbocycles. The molecule has 0 bridgehead atoms. The maximum atomic E-state index is 13.4. The molecule has 3 rings (SSSR count). The molecule has 1 aromatic rings. The van der Waals surface area contributed by atoms with Crippen LogP contribution in [0.5, 0.6) is 5.75 Å². The van der Waals surface area contributed by atoms with Crippen molar-refractivity contribution in [3.63, 3.8) is 0 Å². The fourth-order valence-electron chi connectivity index (χ4n) is 4.45. The Labute approximate surface area is 175 Å². The van der Waals surface area contributed by atoms with Gasteiger partial charge in [0.05, 0.1) is 18.0 Å². The third-order valence-electron chi connectivity index (χ3n) is 5.99. The van der Waals surface area contributed by atoms with Gasteiger partial charge in [-0.2, -0.15) is 4.31 Å². The molecule has 0 radical (unpaired) electrons. The quantitative estimate of drug-likeness (QED) is 0.690. The molecule has 1 amide bonds. The number of hydrogen-bond acceptors (Lipinski definition) is 4. The van der Waals surface area contributed by atoms with Crippen molar-refractivity contribution < 1.29 is 17.9 Å². The molecule has 0 heterocycles. The fourth-order valence-corrected chi connectivity index (χ4v) is 6.09. The molecule has 0 spiro atoms. The number of ether oxygens (including phenoxy) is 1. The molecule has 29 heavy (non-hydrogen) atoms. The average molecular weight is 423 g/mol. The van der Waals surface area contributed by atoms with E-state index in [1.807, 2.05) is 6.92 Å². The summed E-state index contributed by atoms with van der Waals surface area (Å²) >= 11 is 0. The highest BCUT2D eigenvalue weighted by atomic mass is 32.2. The van der Waals surface area contributed by atoms with E-state index >= 15 is 0 Å². The van der Waals surface area contributed by atoms with Crippen LogP contribution in [-0.2, 0) is 14.8 Å². The molecular weight excluding hydrogens is 388 g/mol. The molecule has 0 unspecified atom stereocenters. The lowest BCUT2D eigenvalue weighted by molar-refractivity contribution is -0.122. The standard InChI is InChI=1S/C22H34N2O4S/c1-2-28-20-13-15-21(16-14-20)29(26,27)24(19-11-7-4-8-12-19)17-22(25)23-18-9-5-3-6-10-18/h13-16,18-19H,2-12,17H2,1H3,(H,23,25). The Kier molecular flexibility index (Phi) is 7.95. The van der Waals surface area contributed by atoms with Gasteiger partial charge in [0.2, 0.25) is 15.9 Å². The van der Waals surface area contributed by atoms with Gasteiger partial charge in [-0.15, -0.1) is 0 Å². The Balaban J connectivity index is 1.76. The minimum absolute atomic E-state index is 0.100. The maximum absolute atomic E-state index is 13.4. The topological polar surface area (TPSA) is 75.7 Å². The Morgan fingerprint density at radius 3 is 2.17 bits per heavy atom. The van der Waals surface area contributed by atoms with E-state index in [-0.39, 0.29) is 29.4 Å². The number of nitrogens with one attached hydrogen (secondary N) is 1. The molecule has 1 N–H and O–H groups in total. The molecule has 7 heteroatoms. The molecule has 2 aliphatic rings. The predicted molar refractivity (Wildman–Crippen MR) is 113 cm³/mol. The van der Waals surface area contributed by atoms with Crippen LogP contribution < -0.4 is 10.1 Å². The molecule has 1 aromatic carbocycles. The minimum atomic E-state index is -3.75. The smallest absolute Gasteiger partial charge is 0.243 e. The lowest BCUT2D eigenvalue weighted by atomic mass is 9.95. The fraction of sp³-hybridized carbons (Fsp3) is 0.682. The summed E-state index contributed by atoms with van der Waals surface area (Å²) in [5.74, 6) is 0.461. The summed E-state index contributed by atoms with van der Waals surface area (Å²) in [5, 5.41) is 3.07. The number of nitrogens with zero attached hydrogens (tertiary/aromatic N) is 1. The van der Waals surface area contributed by atoms with Gasteiger partial charge < -0.3 is 10.1 Å². The van der Waals surface area contributed by atoms with Crippen LogP contribution in [0.2, 0.25) is 0 Å². The predicted octanol–water partition coefficient (Wildman–Crippen LogP) is 3.86. The van der Waals surface area contributed by atoms with Crippen LogP contribution in [0, 0.1) is 0 Å². The Morgan fingerprint density at radius 2 is 1.59 bits per heavy atom. The summed E-state index contributed by atoms with van der Waals surface area (Å²) in [6, 6.07) is 6.58. The van der Waals surface area contributed by atoms with E-state index in [0.29, 0.717) is 12.4 Å². The summed E-state index contributed by atoms with van der Waals surface area (Å²) in [4.78, 5) is 13.0. The lowest BCUT2D eigenvalue weighted by Gasteiger charge is -2.33. The second kappa shape index (κ2) is 10.4. The number of sulfonamides is 1. The number of carbonyl (C=O) groups excluding carboxylic acids is 1. The highest BCUT2D eigenvalue weighted by Gasteiger charge is 2.34. The van der Waals surface area contributed by atoms with Gasteiger partial charge in [0.25, 0.3) is 0 Å². The van der Waals surface area contributed by atoms with Crippen molar-refractivity contribution >= 4 is 15.9 Å². The van der Waals surface area contributed by atoms with Crippen LogP contribution in [0.3, 0.4) is 0 Å². The first kappa shape index (κ1) is 22.1. The molecule has 6 nitrogen and oxygen atoms in total. The number of benzene rings is 1. The first-order chi connectivity index (χ1) is 14.0. The van der Waals surface area contributed by atoms with Crippen LogP contribution in [0.25, 0.3) is 0 Å².